The van der Waals surface area contributed by atoms with Crippen LogP contribution >= 0.6 is 12.4 Å². The lowest BCUT2D eigenvalue weighted by Gasteiger charge is -2.15. The first-order chi connectivity index (χ1) is 9.94. The number of carbonyl (C=O) groups is 1. The van der Waals surface area contributed by atoms with E-state index in [2.05, 4.69) is 15.4 Å². The Morgan fingerprint density at radius 3 is 2.55 bits per heavy atom. The third kappa shape index (κ3) is 6.11. The fourth-order valence-electron chi connectivity index (χ4n) is 2.18. The SMILES string of the molecule is Cl.O=C1NCCCCC1NCc1ccc(OC(F)(F)F)cc1. The maximum atomic E-state index is 12.0. The summed E-state index contributed by atoms with van der Waals surface area (Å²) in [7, 11) is 0. The second-order valence-electron chi connectivity index (χ2n) is 4.91. The molecule has 1 aromatic rings. The number of hydrogen-bond acceptors (Lipinski definition) is 3. The summed E-state index contributed by atoms with van der Waals surface area (Å²) >= 11 is 0. The molecule has 1 amide bonds. The van der Waals surface area contributed by atoms with Crippen molar-refractivity contribution in [3.63, 3.8) is 0 Å². The molecular formula is C14H18ClF3N2O2. The van der Waals surface area contributed by atoms with Crippen molar-refractivity contribution >= 4 is 18.3 Å². The number of benzene rings is 1. The molecule has 0 aromatic heterocycles. The van der Waals surface area contributed by atoms with Gasteiger partial charge in [0.2, 0.25) is 5.91 Å². The molecule has 2 N–H and O–H groups in total. The Hall–Kier alpha value is -1.47. The fraction of sp³-hybridized carbons (Fsp3) is 0.500. The minimum atomic E-state index is -4.68. The van der Waals surface area contributed by atoms with E-state index in [0.717, 1.165) is 24.8 Å². The van der Waals surface area contributed by atoms with E-state index in [1.165, 1.54) is 12.1 Å². The Kier molecular flexibility index (Phi) is 6.96. The Balaban J connectivity index is 0.00000242. The molecule has 1 aliphatic rings. The second-order valence-corrected chi connectivity index (χ2v) is 4.91. The van der Waals surface area contributed by atoms with Crippen molar-refractivity contribution in [3.05, 3.63) is 29.8 Å². The molecule has 1 fully saturated rings. The van der Waals surface area contributed by atoms with Gasteiger partial charge in [-0.15, -0.1) is 25.6 Å². The van der Waals surface area contributed by atoms with Gasteiger partial charge in [0.15, 0.2) is 0 Å². The number of hydrogen-bond donors (Lipinski definition) is 2. The summed E-state index contributed by atoms with van der Waals surface area (Å²) in [5.41, 5.74) is 0.793. The molecule has 1 unspecified atom stereocenters. The Morgan fingerprint density at radius 2 is 1.91 bits per heavy atom. The van der Waals surface area contributed by atoms with E-state index in [4.69, 9.17) is 0 Å². The van der Waals surface area contributed by atoms with E-state index in [1.807, 2.05) is 0 Å². The van der Waals surface area contributed by atoms with Gasteiger partial charge in [0.1, 0.15) is 5.75 Å². The minimum Gasteiger partial charge on any atom is -0.406 e. The summed E-state index contributed by atoms with van der Waals surface area (Å²) in [5.74, 6) is -0.275. The number of alkyl halides is 3. The molecule has 2 rings (SSSR count). The predicted octanol–water partition coefficient (Wildman–Crippen LogP) is 2.77. The highest BCUT2D eigenvalue weighted by molar-refractivity contribution is 5.85. The Labute approximate surface area is 132 Å². The summed E-state index contributed by atoms with van der Waals surface area (Å²) in [6.07, 6.45) is -1.98. The van der Waals surface area contributed by atoms with Crippen LogP contribution in [0.25, 0.3) is 0 Å². The molecule has 4 nitrogen and oxygen atoms in total. The van der Waals surface area contributed by atoms with Crippen LogP contribution in [0, 0.1) is 0 Å². The van der Waals surface area contributed by atoms with Gasteiger partial charge in [0.05, 0.1) is 6.04 Å². The fourth-order valence-corrected chi connectivity index (χ4v) is 2.18. The van der Waals surface area contributed by atoms with Gasteiger partial charge in [0.25, 0.3) is 0 Å². The van der Waals surface area contributed by atoms with Crippen molar-refractivity contribution in [2.75, 3.05) is 6.54 Å². The summed E-state index contributed by atoms with van der Waals surface area (Å²) < 4.78 is 39.9. The van der Waals surface area contributed by atoms with Crippen molar-refractivity contribution in [2.45, 2.75) is 38.2 Å². The van der Waals surface area contributed by atoms with E-state index in [0.29, 0.717) is 13.1 Å². The highest BCUT2D eigenvalue weighted by Gasteiger charge is 2.30. The predicted molar refractivity (Wildman–Crippen MR) is 77.9 cm³/mol. The summed E-state index contributed by atoms with van der Waals surface area (Å²) in [4.78, 5) is 11.7. The number of halogens is 4. The van der Waals surface area contributed by atoms with E-state index < -0.39 is 6.36 Å². The topological polar surface area (TPSA) is 50.4 Å². The van der Waals surface area contributed by atoms with Gasteiger partial charge < -0.3 is 15.4 Å². The quantitative estimate of drug-likeness (QED) is 0.887. The van der Waals surface area contributed by atoms with Crippen molar-refractivity contribution < 1.29 is 22.7 Å². The number of amides is 1. The van der Waals surface area contributed by atoms with Crippen molar-refractivity contribution in [1.82, 2.24) is 10.6 Å². The highest BCUT2D eigenvalue weighted by atomic mass is 35.5. The maximum Gasteiger partial charge on any atom is 0.573 e. The first-order valence-corrected chi connectivity index (χ1v) is 6.80. The molecule has 1 aromatic carbocycles. The van der Waals surface area contributed by atoms with Crippen LogP contribution in [0.15, 0.2) is 24.3 Å². The smallest absolute Gasteiger partial charge is 0.406 e. The van der Waals surface area contributed by atoms with Crippen molar-refractivity contribution in [2.24, 2.45) is 0 Å². The molecule has 22 heavy (non-hydrogen) atoms. The zero-order chi connectivity index (χ0) is 15.3. The molecule has 8 heteroatoms. The molecule has 0 radical (unpaired) electrons. The lowest BCUT2D eigenvalue weighted by atomic mass is 10.1. The average Bonchev–Trinajstić information content (AvgIpc) is 2.61. The largest absolute Gasteiger partial charge is 0.573 e. The standard InChI is InChI=1S/C14H17F3N2O2.ClH/c15-14(16,17)21-11-6-4-10(5-7-11)9-19-12-3-1-2-8-18-13(12)20;/h4-7,12,19H,1-3,8-9H2,(H,18,20);1H. The van der Waals surface area contributed by atoms with Crippen LogP contribution in [-0.4, -0.2) is 24.9 Å². The molecule has 0 saturated carbocycles. The molecule has 0 aliphatic carbocycles. The Morgan fingerprint density at radius 1 is 1.23 bits per heavy atom. The van der Waals surface area contributed by atoms with E-state index in [1.54, 1.807) is 12.1 Å². The third-order valence-electron chi connectivity index (χ3n) is 3.24. The highest BCUT2D eigenvalue weighted by Crippen LogP contribution is 2.22. The zero-order valence-corrected chi connectivity index (χ0v) is 12.6. The van der Waals surface area contributed by atoms with Gasteiger partial charge >= 0.3 is 6.36 Å². The second kappa shape index (κ2) is 8.24. The molecule has 1 atom stereocenters. The number of ether oxygens (including phenoxy) is 1. The first-order valence-electron chi connectivity index (χ1n) is 6.80. The number of rotatable bonds is 4. The van der Waals surface area contributed by atoms with Crippen LogP contribution in [-0.2, 0) is 11.3 Å². The lowest BCUT2D eigenvalue weighted by molar-refractivity contribution is -0.274. The monoisotopic (exact) mass is 338 g/mol. The average molecular weight is 339 g/mol. The van der Waals surface area contributed by atoms with Crippen LogP contribution in [0.5, 0.6) is 5.75 Å². The van der Waals surface area contributed by atoms with Crippen LogP contribution in [0.3, 0.4) is 0 Å². The normalized spacial score (nSPS) is 18.9. The molecule has 1 aliphatic heterocycles. The Bertz CT molecular complexity index is 480. The molecule has 1 heterocycles. The third-order valence-corrected chi connectivity index (χ3v) is 3.24. The molecule has 0 spiro atoms. The number of carbonyl (C=O) groups excluding carboxylic acids is 1. The van der Waals surface area contributed by atoms with Gasteiger partial charge in [-0.3, -0.25) is 4.79 Å². The van der Waals surface area contributed by atoms with E-state index >= 15 is 0 Å². The molecular weight excluding hydrogens is 321 g/mol. The zero-order valence-electron chi connectivity index (χ0n) is 11.8. The van der Waals surface area contributed by atoms with E-state index in [-0.39, 0.29) is 30.1 Å². The van der Waals surface area contributed by atoms with Gasteiger partial charge in [0, 0.05) is 13.1 Å². The van der Waals surface area contributed by atoms with Crippen LogP contribution in [0.1, 0.15) is 24.8 Å². The summed E-state index contributed by atoms with van der Waals surface area (Å²) in [6, 6.07) is 5.36. The molecule has 0 bridgehead atoms. The van der Waals surface area contributed by atoms with Gasteiger partial charge in [-0.1, -0.05) is 12.1 Å². The molecule has 124 valence electrons. The van der Waals surface area contributed by atoms with E-state index in [9.17, 15) is 18.0 Å². The van der Waals surface area contributed by atoms with Gasteiger partial charge in [-0.25, -0.2) is 0 Å². The minimum absolute atomic E-state index is 0. The van der Waals surface area contributed by atoms with Crippen molar-refractivity contribution in [1.29, 1.82) is 0 Å². The van der Waals surface area contributed by atoms with Crippen LogP contribution in [0.2, 0.25) is 0 Å². The van der Waals surface area contributed by atoms with Gasteiger partial charge in [-0.05, 0) is 37.0 Å². The van der Waals surface area contributed by atoms with Crippen molar-refractivity contribution in [3.8, 4) is 5.75 Å². The maximum absolute atomic E-state index is 12.0. The summed E-state index contributed by atoms with van der Waals surface area (Å²) in [6.45, 7) is 1.12. The lowest BCUT2D eigenvalue weighted by Crippen LogP contribution is -2.42. The number of nitrogens with one attached hydrogen (secondary N) is 2. The van der Waals surface area contributed by atoms with Crippen LogP contribution < -0.4 is 15.4 Å². The summed E-state index contributed by atoms with van der Waals surface area (Å²) in [5, 5.41) is 5.94. The van der Waals surface area contributed by atoms with Gasteiger partial charge in [-0.2, -0.15) is 0 Å². The van der Waals surface area contributed by atoms with Crippen LogP contribution in [0.4, 0.5) is 13.2 Å². The molecule has 1 saturated heterocycles. The first kappa shape index (κ1) is 18.6.